The molecule has 0 aromatic carbocycles. The molecular formula is C30H69N3O2. The second kappa shape index (κ2) is 30.9. The molecule has 0 radical (unpaired) electrons. The molecule has 0 saturated carbocycles. The number of nitrogens with one attached hydrogen (secondary N) is 1. The summed E-state index contributed by atoms with van der Waals surface area (Å²) < 4.78 is 0. The van der Waals surface area contributed by atoms with Gasteiger partial charge in [0.2, 0.25) is 11.8 Å². The molecule has 3 aliphatic rings. The van der Waals surface area contributed by atoms with E-state index >= 15 is 0 Å². The van der Waals surface area contributed by atoms with Crippen molar-refractivity contribution in [1.29, 1.82) is 0 Å². The Labute approximate surface area is 223 Å². The van der Waals surface area contributed by atoms with Crippen LogP contribution in [0.1, 0.15) is 149 Å². The fourth-order valence-corrected chi connectivity index (χ4v) is 4.16. The van der Waals surface area contributed by atoms with E-state index in [4.69, 9.17) is 0 Å². The van der Waals surface area contributed by atoms with Crippen molar-refractivity contribution < 1.29 is 9.59 Å². The predicted octanol–water partition coefficient (Wildman–Crippen LogP) is 8.31. The molecule has 3 atom stereocenters. The van der Waals surface area contributed by atoms with Gasteiger partial charge in [-0.25, -0.2) is 0 Å². The molecule has 0 bridgehead atoms. The molecule has 3 rings (SSSR count). The maximum Gasteiger partial charge on any atom is 0.219 e. The van der Waals surface area contributed by atoms with Gasteiger partial charge in [-0.2, -0.15) is 0 Å². The van der Waals surface area contributed by atoms with Gasteiger partial charge in [-0.3, -0.25) is 9.59 Å². The Hall–Kier alpha value is -1.10. The minimum absolute atomic E-state index is 0. The summed E-state index contributed by atoms with van der Waals surface area (Å²) in [6.45, 7) is 25.0. The van der Waals surface area contributed by atoms with E-state index in [1.54, 1.807) is 13.8 Å². The van der Waals surface area contributed by atoms with Crippen LogP contribution in [0.15, 0.2) is 0 Å². The lowest BCUT2D eigenvalue weighted by atomic mass is 10.0. The van der Waals surface area contributed by atoms with Gasteiger partial charge in [0, 0.05) is 45.1 Å². The molecule has 3 aliphatic heterocycles. The van der Waals surface area contributed by atoms with Gasteiger partial charge < -0.3 is 15.1 Å². The van der Waals surface area contributed by atoms with Crippen molar-refractivity contribution in [2.45, 2.75) is 167 Å². The van der Waals surface area contributed by atoms with Crippen molar-refractivity contribution in [2.24, 2.45) is 0 Å². The number of hydrogen-bond acceptors (Lipinski definition) is 3. The fourth-order valence-electron chi connectivity index (χ4n) is 4.16. The van der Waals surface area contributed by atoms with Gasteiger partial charge in [0.1, 0.15) is 0 Å². The highest BCUT2D eigenvalue weighted by atomic mass is 16.2. The molecule has 0 aliphatic carbocycles. The first-order valence-electron chi connectivity index (χ1n) is 14.1. The van der Waals surface area contributed by atoms with Crippen molar-refractivity contribution in [3.63, 3.8) is 0 Å². The van der Waals surface area contributed by atoms with Crippen molar-refractivity contribution in [3.05, 3.63) is 0 Å². The Morgan fingerprint density at radius 1 is 0.600 bits per heavy atom. The summed E-state index contributed by atoms with van der Waals surface area (Å²) in [5, 5.41) is 3.38. The summed E-state index contributed by atoms with van der Waals surface area (Å²) in [5.41, 5.74) is 0. The first-order valence-corrected chi connectivity index (χ1v) is 14.1. The van der Waals surface area contributed by atoms with E-state index in [0.717, 1.165) is 19.1 Å². The molecular weight excluding hydrogens is 434 g/mol. The van der Waals surface area contributed by atoms with E-state index in [1.165, 1.54) is 64.3 Å². The zero-order valence-electron chi connectivity index (χ0n) is 24.4. The van der Waals surface area contributed by atoms with Crippen molar-refractivity contribution in [1.82, 2.24) is 15.1 Å². The number of piperidine rings is 3. The molecule has 3 heterocycles. The van der Waals surface area contributed by atoms with Gasteiger partial charge in [-0.15, -0.1) is 0 Å². The van der Waals surface area contributed by atoms with Crippen LogP contribution < -0.4 is 5.32 Å². The number of carbonyl (C=O) groups is 2. The molecule has 3 fully saturated rings. The molecule has 2 amide bonds. The van der Waals surface area contributed by atoms with E-state index in [1.807, 2.05) is 51.3 Å². The third-order valence-corrected chi connectivity index (χ3v) is 5.97. The van der Waals surface area contributed by atoms with Crippen LogP contribution in [0, 0.1) is 0 Å². The van der Waals surface area contributed by atoms with Crippen LogP contribution in [0.5, 0.6) is 0 Å². The zero-order chi connectivity index (χ0) is 26.2. The summed E-state index contributed by atoms with van der Waals surface area (Å²) in [5.74, 6) is 0.458. The normalized spacial score (nSPS) is 22.3. The Balaban J connectivity index is -0.000000114. The molecule has 0 spiro atoms. The largest absolute Gasteiger partial charge is 0.340 e. The van der Waals surface area contributed by atoms with Crippen LogP contribution in [0.3, 0.4) is 0 Å². The number of likely N-dealkylation sites (tertiary alicyclic amines) is 2. The van der Waals surface area contributed by atoms with Gasteiger partial charge >= 0.3 is 0 Å². The summed E-state index contributed by atoms with van der Waals surface area (Å²) in [4.78, 5) is 25.8. The lowest BCUT2D eigenvalue weighted by molar-refractivity contribution is -0.132. The van der Waals surface area contributed by atoms with Gasteiger partial charge in [-0.05, 0) is 78.7 Å². The lowest BCUT2D eigenvalue weighted by Crippen LogP contribution is -2.40. The van der Waals surface area contributed by atoms with E-state index in [9.17, 15) is 9.59 Å². The molecule has 1 N–H and O–H groups in total. The Morgan fingerprint density at radius 2 is 0.943 bits per heavy atom. The molecule has 5 heteroatoms. The lowest BCUT2D eigenvalue weighted by Gasteiger charge is -2.32. The van der Waals surface area contributed by atoms with Crippen molar-refractivity contribution in [2.75, 3.05) is 19.6 Å². The number of carbonyl (C=O) groups excluding carboxylic acids is 2. The first kappa shape index (κ1) is 43.9. The Bertz CT molecular complexity index is 405. The number of amides is 2. The maximum absolute atomic E-state index is 10.9. The predicted molar refractivity (Wildman–Crippen MR) is 160 cm³/mol. The maximum atomic E-state index is 10.9. The minimum atomic E-state index is 0. The van der Waals surface area contributed by atoms with Crippen LogP contribution in [0.2, 0.25) is 0 Å². The number of nitrogens with zero attached hydrogens (tertiary/aromatic N) is 2. The average Bonchev–Trinajstić information content (AvgIpc) is 2.84. The highest BCUT2D eigenvalue weighted by Crippen LogP contribution is 2.16. The molecule has 3 saturated heterocycles. The summed E-state index contributed by atoms with van der Waals surface area (Å²) in [6.07, 6.45) is 11.5. The third kappa shape index (κ3) is 23.1. The van der Waals surface area contributed by atoms with Crippen LogP contribution in [-0.2, 0) is 9.59 Å². The van der Waals surface area contributed by atoms with Crippen molar-refractivity contribution >= 4 is 11.8 Å². The third-order valence-electron chi connectivity index (χ3n) is 5.97. The van der Waals surface area contributed by atoms with E-state index in [2.05, 4.69) is 26.1 Å². The zero-order valence-corrected chi connectivity index (χ0v) is 24.4. The number of hydrogen-bond donors (Lipinski definition) is 1. The van der Waals surface area contributed by atoms with E-state index in [0.29, 0.717) is 12.1 Å². The highest BCUT2D eigenvalue weighted by Gasteiger charge is 2.20. The topological polar surface area (TPSA) is 52.7 Å². The Kier molecular flexibility index (Phi) is 38.8. The summed E-state index contributed by atoms with van der Waals surface area (Å²) in [6, 6.07) is 1.74. The highest BCUT2D eigenvalue weighted by molar-refractivity contribution is 5.74. The van der Waals surface area contributed by atoms with Crippen LogP contribution >= 0.6 is 0 Å². The van der Waals surface area contributed by atoms with E-state index in [-0.39, 0.29) is 26.7 Å². The fraction of sp³-hybridized carbons (Fsp3) is 0.933. The van der Waals surface area contributed by atoms with Gasteiger partial charge in [0.15, 0.2) is 0 Å². The molecule has 3 unspecified atom stereocenters. The first-order chi connectivity index (χ1) is 15.8. The standard InChI is InChI=1S/2C8H15NO.C6H13N.3C2H6.2CH4/c2*1-7-5-3-4-6-9(7)8(2)10;1-6-4-2-3-5-7-6;3*1-2;;/h2*7H,3-6H2,1-2H3;6-7H,2-5H2,1H3;3*1-2H3;2*1H4. The smallest absolute Gasteiger partial charge is 0.219 e. The molecule has 5 nitrogen and oxygen atoms in total. The van der Waals surface area contributed by atoms with Gasteiger partial charge in [0.25, 0.3) is 0 Å². The van der Waals surface area contributed by atoms with Crippen LogP contribution in [0.4, 0.5) is 0 Å². The molecule has 35 heavy (non-hydrogen) atoms. The molecule has 216 valence electrons. The second-order valence-corrected chi connectivity index (χ2v) is 8.47. The summed E-state index contributed by atoms with van der Waals surface area (Å²) >= 11 is 0. The van der Waals surface area contributed by atoms with Crippen LogP contribution in [-0.4, -0.2) is 59.4 Å². The average molecular weight is 504 g/mol. The quantitative estimate of drug-likeness (QED) is 0.361. The van der Waals surface area contributed by atoms with E-state index < -0.39 is 0 Å². The number of rotatable bonds is 0. The van der Waals surface area contributed by atoms with Crippen molar-refractivity contribution in [3.8, 4) is 0 Å². The molecule has 0 aromatic heterocycles. The molecule has 0 aromatic rings. The van der Waals surface area contributed by atoms with Gasteiger partial charge in [0.05, 0.1) is 0 Å². The summed E-state index contributed by atoms with van der Waals surface area (Å²) in [7, 11) is 0. The second-order valence-electron chi connectivity index (χ2n) is 8.47. The Morgan fingerprint density at radius 3 is 1.11 bits per heavy atom. The SMILES string of the molecule is C.C.CC.CC.CC.CC(=O)N1CCCCC1C.CC(=O)N1CCCCC1C.CC1CCCCN1. The minimum Gasteiger partial charge on any atom is -0.340 e. The van der Waals surface area contributed by atoms with Crippen LogP contribution in [0.25, 0.3) is 0 Å². The monoisotopic (exact) mass is 504 g/mol. The van der Waals surface area contributed by atoms with Gasteiger partial charge in [-0.1, -0.05) is 62.8 Å².